The van der Waals surface area contributed by atoms with Crippen LogP contribution in [-0.4, -0.2) is 31.2 Å². The zero-order valence-corrected chi connectivity index (χ0v) is 13.8. The fourth-order valence-corrected chi connectivity index (χ4v) is 2.04. The van der Waals surface area contributed by atoms with Gasteiger partial charge in [-0.25, -0.2) is 0 Å². The lowest BCUT2D eigenvalue weighted by molar-refractivity contribution is -0.416. The third kappa shape index (κ3) is 10.8. The Morgan fingerprint density at radius 2 is 2.05 bits per heavy atom. The second-order valence-electron chi connectivity index (χ2n) is 4.35. The highest BCUT2D eigenvalue weighted by Gasteiger charge is 2.05. The summed E-state index contributed by atoms with van der Waals surface area (Å²) in [5.74, 6) is 0.997. The summed E-state index contributed by atoms with van der Waals surface area (Å²) in [4.78, 5) is 22.0. The minimum atomic E-state index is -0.236. The Balaban J connectivity index is 4.20. The SMILES string of the molecule is C=C(/C=C(\C=C(/C)CSC)[NH+]=O)OCCCC(=O)OCC. The Hall–Kier alpha value is -1.56. The van der Waals surface area contributed by atoms with Gasteiger partial charge < -0.3 is 9.47 Å². The van der Waals surface area contributed by atoms with Crippen LogP contribution in [0.15, 0.2) is 35.8 Å². The van der Waals surface area contributed by atoms with E-state index in [1.807, 2.05) is 18.4 Å². The molecule has 0 aliphatic rings. The molecule has 0 aromatic heterocycles. The molecule has 0 atom stereocenters. The standard InChI is InChI=1S/C15H23NO4S/c1-5-19-15(17)7-6-8-20-13(3)10-14(16-18)9-12(2)11-21-4/h9-10H,3,5-8,11H2,1-2,4H3/p+1/b12-9+,14-10+. The van der Waals surface area contributed by atoms with Gasteiger partial charge in [-0.2, -0.15) is 11.8 Å². The van der Waals surface area contributed by atoms with Crippen molar-refractivity contribution in [2.24, 2.45) is 0 Å². The van der Waals surface area contributed by atoms with Gasteiger partial charge in [0.15, 0.2) is 0 Å². The Labute approximate surface area is 130 Å². The van der Waals surface area contributed by atoms with Crippen molar-refractivity contribution in [3.8, 4) is 0 Å². The largest absolute Gasteiger partial charge is 0.494 e. The molecule has 0 saturated heterocycles. The number of nitrogens with one attached hydrogen (secondary N) is 1. The van der Waals surface area contributed by atoms with Gasteiger partial charge >= 0.3 is 5.97 Å². The highest BCUT2D eigenvalue weighted by atomic mass is 32.2. The highest BCUT2D eigenvalue weighted by Crippen LogP contribution is 2.07. The fraction of sp³-hybridized carbons (Fsp3) is 0.533. The molecule has 21 heavy (non-hydrogen) atoms. The Morgan fingerprint density at radius 1 is 1.33 bits per heavy atom. The van der Waals surface area contributed by atoms with Crippen LogP contribution in [0.25, 0.3) is 0 Å². The van der Waals surface area contributed by atoms with Crippen LogP contribution in [-0.2, 0) is 14.3 Å². The summed E-state index contributed by atoms with van der Waals surface area (Å²) in [6, 6.07) is 0. The minimum Gasteiger partial charge on any atom is -0.494 e. The summed E-state index contributed by atoms with van der Waals surface area (Å²) in [6.07, 6.45) is 6.16. The smallest absolute Gasteiger partial charge is 0.305 e. The molecule has 0 aliphatic heterocycles. The zero-order valence-electron chi connectivity index (χ0n) is 12.9. The average Bonchev–Trinajstić information content (AvgIpc) is 2.43. The first-order valence-electron chi connectivity index (χ1n) is 6.76. The first-order chi connectivity index (χ1) is 10.0. The molecule has 0 aromatic carbocycles. The van der Waals surface area contributed by atoms with Gasteiger partial charge in [-0.15, -0.1) is 0 Å². The zero-order chi connectivity index (χ0) is 16.1. The van der Waals surface area contributed by atoms with Gasteiger partial charge in [-0.3, -0.25) is 4.79 Å². The van der Waals surface area contributed by atoms with Crippen molar-refractivity contribution in [2.45, 2.75) is 26.7 Å². The predicted octanol–water partition coefficient (Wildman–Crippen LogP) is 1.90. The van der Waals surface area contributed by atoms with Crippen LogP contribution in [0.3, 0.4) is 0 Å². The van der Waals surface area contributed by atoms with E-state index in [-0.39, 0.29) is 5.97 Å². The van der Waals surface area contributed by atoms with Gasteiger partial charge in [0.1, 0.15) is 5.76 Å². The lowest BCUT2D eigenvalue weighted by atomic mass is 10.2. The van der Waals surface area contributed by atoms with Crippen LogP contribution in [0.2, 0.25) is 0 Å². The summed E-state index contributed by atoms with van der Waals surface area (Å²) < 4.78 is 10.2. The van der Waals surface area contributed by atoms with Crippen LogP contribution >= 0.6 is 11.8 Å². The summed E-state index contributed by atoms with van der Waals surface area (Å²) in [5.41, 5.74) is 1.48. The minimum absolute atomic E-state index is 0.236. The number of hydrogen-bond acceptors (Lipinski definition) is 5. The van der Waals surface area contributed by atoms with Gasteiger partial charge in [0.05, 0.1) is 19.3 Å². The second-order valence-corrected chi connectivity index (χ2v) is 5.21. The third-order valence-corrected chi connectivity index (χ3v) is 3.07. The molecule has 0 saturated carbocycles. The van der Waals surface area contributed by atoms with Crippen molar-refractivity contribution in [3.63, 3.8) is 0 Å². The van der Waals surface area contributed by atoms with Crippen LogP contribution in [0.5, 0.6) is 0 Å². The first kappa shape index (κ1) is 19.4. The van der Waals surface area contributed by atoms with Crippen LogP contribution < -0.4 is 5.18 Å². The van der Waals surface area contributed by atoms with Gasteiger partial charge in [0.25, 0.3) is 5.70 Å². The van der Waals surface area contributed by atoms with Crippen molar-refractivity contribution in [1.29, 1.82) is 0 Å². The summed E-state index contributed by atoms with van der Waals surface area (Å²) in [7, 11) is 0. The maximum atomic E-state index is 11.1. The third-order valence-electron chi connectivity index (χ3n) is 2.33. The van der Waals surface area contributed by atoms with E-state index in [0.717, 1.165) is 11.3 Å². The lowest BCUT2D eigenvalue weighted by Gasteiger charge is -2.05. The number of ether oxygens (including phenoxy) is 2. The van der Waals surface area contributed by atoms with Crippen molar-refractivity contribution in [2.75, 3.05) is 25.2 Å². The number of esters is 1. The lowest BCUT2D eigenvalue weighted by Crippen LogP contribution is -2.61. The number of carbonyl (C=O) groups excluding carboxylic acids is 1. The number of rotatable bonds is 11. The predicted molar refractivity (Wildman–Crippen MR) is 85.5 cm³/mol. The van der Waals surface area contributed by atoms with Gasteiger partial charge in [-0.1, -0.05) is 12.2 Å². The van der Waals surface area contributed by atoms with Gasteiger partial charge in [-0.05, 0) is 26.5 Å². The Kier molecular flexibility index (Phi) is 11.3. The Morgan fingerprint density at radius 3 is 2.62 bits per heavy atom. The quantitative estimate of drug-likeness (QED) is 0.273. The number of thioether (sulfide) groups is 1. The summed E-state index contributed by atoms with van der Waals surface area (Å²) in [5, 5.41) is 1.86. The maximum absolute atomic E-state index is 11.1. The highest BCUT2D eigenvalue weighted by molar-refractivity contribution is 7.98. The van der Waals surface area contributed by atoms with Crippen molar-refractivity contribution >= 4 is 17.7 Å². The molecule has 1 N–H and O–H groups in total. The van der Waals surface area contributed by atoms with Crippen LogP contribution in [0.4, 0.5) is 0 Å². The maximum Gasteiger partial charge on any atom is 0.305 e. The summed E-state index contributed by atoms with van der Waals surface area (Å²) >= 11 is 1.68. The fourth-order valence-electron chi connectivity index (χ4n) is 1.50. The Bertz CT molecular complexity index is 416. The van der Waals surface area contributed by atoms with Gasteiger partial charge in [0.2, 0.25) is 0 Å². The molecule has 0 aromatic rings. The van der Waals surface area contributed by atoms with E-state index >= 15 is 0 Å². The molecule has 0 radical (unpaired) electrons. The first-order valence-corrected chi connectivity index (χ1v) is 8.16. The molecule has 0 heterocycles. The molecule has 0 amide bonds. The number of nitroso groups, excluding NO2 is 1. The van der Waals surface area contributed by atoms with E-state index in [1.165, 1.54) is 0 Å². The average molecular weight is 314 g/mol. The molecule has 6 heteroatoms. The van der Waals surface area contributed by atoms with E-state index < -0.39 is 0 Å². The van der Waals surface area contributed by atoms with Crippen molar-refractivity contribution in [1.82, 2.24) is 0 Å². The number of hydrogen-bond donors (Lipinski definition) is 1. The van der Waals surface area contributed by atoms with Gasteiger partial charge in [0, 0.05) is 28.3 Å². The molecular weight excluding hydrogens is 290 g/mol. The van der Waals surface area contributed by atoms with E-state index in [4.69, 9.17) is 9.47 Å². The second kappa shape index (κ2) is 12.2. The monoisotopic (exact) mass is 314 g/mol. The van der Waals surface area contributed by atoms with Crippen LogP contribution in [0.1, 0.15) is 26.7 Å². The molecule has 0 unspecified atom stereocenters. The topological polar surface area (TPSA) is 66.6 Å². The van der Waals surface area contributed by atoms with Crippen molar-refractivity contribution < 1.29 is 19.4 Å². The van der Waals surface area contributed by atoms with E-state index in [1.54, 1.807) is 30.8 Å². The van der Waals surface area contributed by atoms with Crippen molar-refractivity contribution in [3.05, 3.63) is 40.7 Å². The summed E-state index contributed by atoms with van der Waals surface area (Å²) in [6.45, 7) is 8.18. The normalized spacial score (nSPS) is 12.0. The number of carbonyl (C=O) groups is 1. The molecule has 5 nitrogen and oxygen atoms in total. The molecule has 0 aliphatic carbocycles. The number of allylic oxidation sites excluding steroid dienone is 2. The van der Waals surface area contributed by atoms with E-state index in [9.17, 15) is 9.70 Å². The molecule has 0 spiro atoms. The van der Waals surface area contributed by atoms with E-state index in [0.29, 0.717) is 37.5 Å². The molecular formula is C15H24NO4S+. The molecule has 118 valence electrons. The van der Waals surface area contributed by atoms with Crippen LogP contribution in [0, 0.1) is 4.91 Å². The van der Waals surface area contributed by atoms with E-state index in [2.05, 4.69) is 6.58 Å². The molecule has 0 fully saturated rings. The molecule has 0 rings (SSSR count). The molecule has 0 bridgehead atoms.